The average Bonchev–Trinajstić information content (AvgIpc) is 2.77. The van der Waals surface area contributed by atoms with Crippen LogP contribution in [-0.4, -0.2) is 21.9 Å². The number of pyridine rings is 1. The first-order valence-corrected chi connectivity index (χ1v) is 6.36. The van der Waals surface area contributed by atoms with Crippen molar-refractivity contribution >= 4 is 11.0 Å². The van der Waals surface area contributed by atoms with Crippen LogP contribution in [0.2, 0.25) is 0 Å². The Morgan fingerprint density at radius 2 is 2.05 bits per heavy atom. The highest BCUT2D eigenvalue weighted by atomic mass is 16.5. The van der Waals surface area contributed by atoms with E-state index in [-0.39, 0.29) is 5.56 Å². The summed E-state index contributed by atoms with van der Waals surface area (Å²) >= 11 is 0. The molecule has 2 aromatic heterocycles. The summed E-state index contributed by atoms with van der Waals surface area (Å²) in [6.07, 6.45) is 0. The molecule has 0 aliphatic heterocycles. The van der Waals surface area contributed by atoms with Crippen molar-refractivity contribution in [3.05, 3.63) is 58.0 Å². The van der Waals surface area contributed by atoms with Gasteiger partial charge in [-0.1, -0.05) is 18.2 Å². The smallest absolute Gasteiger partial charge is 0.249 e. The van der Waals surface area contributed by atoms with Crippen LogP contribution in [0.25, 0.3) is 16.7 Å². The standard InChI is InChI=1S/C15H15N3O2/c1-10-14-11(9-20-2)8-13(19)16-15(14)18(17-10)12-6-4-3-5-7-12/h3-8H,9H2,1-2H3,(H,16,19). The van der Waals surface area contributed by atoms with Crippen LogP contribution in [0.15, 0.2) is 41.2 Å². The molecule has 0 unspecified atom stereocenters. The molecule has 1 aromatic carbocycles. The van der Waals surface area contributed by atoms with Crippen LogP contribution in [-0.2, 0) is 11.3 Å². The fourth-order valence-corrected chi connectivity index (χ4v) is 2.44. The Hall–Kier alpha value is -2.40. The molecule has 0 amide bonds. The number of methoxy groups -OCH3 is 1. The number of H-pyrrole nitrogens is 1. The minimum atomic E-state index is -0.151. The minimum absolute atomic E-state index is 0.151. The number of nitrogens with one attached hydrogen (secondary N) is 1. The second-order valence-corrected chi connectivity index (χ2v) is 4.65. The number of benzene rings is 1. The predicted molar refractivity (Wildman–Crippen MR) is 77.1 cm³/mol. The lowest BCUT2D eigenvalue weighted by atomic mass is 10.1. The summed E-state index contributed by atoms with van der Waals surface area (Å²) < 4.78 is 6.93. The second-order valence-electron chi connectivity index (χ2n) is 4.65. The Labute approximate surface area is 115 Å². The van der Waals surface area contributed by atoms with Gasteiger partial charge in [0, 0.05) is 18.6 Å². The molecule has 3 rings (SSSR count). The topological polar surface area (TPSA) is 59.9 Å². The normalized spacial score (nSPS) is 11.1. The van der Waals surface area contributed by atoms with Gasteiger partial charge in [-0.3, -0.25) is 4.79 Å². The molecule has 0 bridgehead atoms. The van der Waals surface area contributed by atoms with Crippen molar-refractivity contribution in [3.63, 3.8) is 0 Å². The molecule has 5 heteroatoms. The van der Waals surface area contributed by atoms with Gasteiger partial charge in [-0.25, -0.2) is 4.68 Å². The molecule has 0 spiro atoms. The maximum atomic E-state index is 11.8. The van der Waals surface area contributed by atoms with E-state index in [2.05, 4.69) is 10.1 Å². The summed E-state index contributed by atoms with van der Waals surface area (Å²) in [6.45, 7) is 2.32. The predicted octanol–water partition coefficient (Wildman–Crippen LogP) is 2.17. The van der Waals surface area contributed by atoms with Crippen LogP contribution in [0.4, 0.5) is 0 Å². The van der Waals surface area contributed by atoms with Crippen molar-refractivity contribution in [3.8, 4) is 5.69 Å². The molecule has 1 N–H and O–H groups in total. The molecule has 0 saturated heterocycles. The molecule has 0 atom stereocenters. The lowest BCUT2D eigenvalue weighted by molar-refractivity contribution is 0.186. The Bertz CT molecular complexity index is 803. The Kier molecular flexibility index (Phi) is 3.12. The Balaban J connectivity index is 2.34. The molecular formula is C15H15N3O2. The molecular weight excluding hydrogens is 254 g/mol. The third-order valence-corrected chi connectivity index (χ3v) is 3.23. The van der Waals surface area contributed by atoms with Crippen LogP contribution in [0, 0.1) is 6.92 Å². The molecule has 0 aliphatic rings. The van der Waals surface area contributed by atoms with Gasteiger partial charge in [-0.15, -0.1) is 0 Å². The van der Waals surface area contributed by atoms with Crippen LogP contribution < -0.4 is 5.56 Å². The van der Waals surface area contributed by atoms with Gasteiger partial charge in [0.2, 0.25) is 5.56 Å². The SMILES string of the molecule is COCc1cc(=O)[nH]c2c1c(C)nn2-c1ccccc1. The van der Waals surface area contributed by atoms with E-state index in [1.165, 1.54) is 0 Å². The minimum Gasteiger partial charge on any atom is -0.380 e. The van der Waals surface area contributed by atoms with Crippen LogP contribution in [0.5, 0.6) is 0 Å². The maximum Gasteiger partial charge on any atom is 0.249 e. The van der Waals surface area contributed by atoms with Crippen LogP contribution >= 0.6 is 0 Å². The molecule has 0 saturated carbocycles. The van der Waals surface area contributed by atoms with Crippen LogP contribution in [0.3, 0.4) is 0 Å². The average molecular weight is 269 g/mol. The molecule has 2 heterocycles. The summed E-state index contributed by atoms with van der Waals surface area (Å²) in [6, 6.07) is 11.3. The third-order valence-electron chi connectivity index (χ3n) is 3.23. The number of nitrogens with zero attached hydrogens (tertiary/aromatic N) is 2. The van der Waals surface area contributed by atoms with E-state index < -0.39 is 0 Å². The van der Waals surface area contributed by atoms with Crippen molar-refractivity contribution in [2.75, 3.05) is 7.11 Å². The second kappa shape index (κ2) is 4.94. The number of aryl methyl sites for hydroxylation is 1. The van der Waals surface area contributed by atoms with E-state index in [9.17, 15) is 4.79 Å². The first-order valence-electron chi connectivity index (χ1n) is 6.36. The van der Waals surface area contributed by atoms with Crippen LogP contribution in [0.1, 0.15) is 11.3 Å². The van der Waals surface area contributed by atoms with Crippen molar-refractivity contribution in [2.45, 2.75) is 13.5 Å². The summed E-state index contributed by atoms with van der Waals surface area (Å²) in [5.41, 5.74) is 3.18. The fourth-order valence-electron chi connectivity index (χ4n) is 2.44. The highest BCUT2D eigenvalue weighted by molar-refractivity contribution is 5.83. The van der Waals surface area contributed by atoms with E-state index in [1.54, 1.807) is 17.9 Å². The molecule has 0 radical (unpaired) electrons. The van der Waals surface area contributed by atoms with Crippen molar-refractivity contribution in [1.82, 2.24) is 14.8 Å². The van der Waals surface area contributed by atoms with E-state index in [0.29, 0.717) is 12.3 Å². The number of aromatic amines is 1. The zero-order chi connectivity index (χ0) is 14.1. The first-order chi connectivity index (χ1) is 9.70. The van der Waals surface area contributed by atoms with Crippen molar-refractivity contribution in [1.29, 1.82) is 0 Å². The zero-order valence-electron chi connectivity index (χ0n) is 11.4. The number of fused-ring (bicyclic) bond motifs is 1. The zero-order valence-corrected chi connectivity index (χ0v) is 11.4. The summed E-state index contributed by atoms with van der Waals surface area (Å²) in [5.74, 6) is 0. The Morgan fingerprint density at radius 1 is 1.30 bits per heavy atom. The summed E-state index contributed by atoms with van der Waals surface area (Å²) in [7, 11) is 1.62. The van der Waals surface area contributed by atoms with E-state index in [4.69, 9.17) is 4.74 Å². The van der Waals surface area contributed by atoms with Gasteiger partial charge in [-0.05, 0) is 24.6 Å². The first kappa shape index (κ1) is 12.6. The number of ether oxygens (including phenoxy) is 1. The molecule has 102 valence electrons. The third kappa shape index (κ3) is 2.02. The fraction of sp³-hybridized carbons (Fsp3) is 0.200. The van der Waals surface area contributed by atoms with Gasteiger partial charge in [-0.2, -0.15) is 5.10 Å². The lowest BCUT2D eigenvalue weighted by Crippen LogP contribution is -2.09. The maximum absolute atomic E-state index is 11.8. The molecule has 0 aliphatic carbocycles. The van der Waals surface area contributed by atoms with E-state index >= 15 is 0 Å². The van der Waals surface area contributed by atoms with E-state index in [1.807, 2.05) is 37.3 Å². The van der Waals surface area contributed by atoms with E-state index in [0.717, 1.165) is 22.3 Å². The molecule has 0 fully saturated rings. The van der Waals surface area contributed by atoms with Gasteiger partial charge < -0.3 is 9.72 Å². The van der Waals surface area contributed by atoms with Gasteiger partial charge >= 0.3 is 0 Å². The van der Waals surface area contributed by atoms with Gasteiger partial charge in [0.15, 0.2) is 0 Å². The quantitative estimate of drug-likeness (QED) is 0.792. The molecule has 3 aromatic rings. The van der Waals surface area contributed by atoms with Crippen molar-refractivity contribution in [2.24, 2.45) is 0 Å². The van der Waals surface area contributed by atoms with Gasteiger partial charge in [0.25, 0.3) is 0 Å². The van der Waals surface area contributed by atoms with Crippen molar-refractivity contribution < 1.29 is 4.74 Å². The highest BCUT2D eigenvalue weighted by Gasteiger charge is 2.14. The number of hydrogen-bond donors (Lipinski definition) is 1. The van der Waals surface area contributed by atoms with Gasteiger partial charge in [0.05, 0.1) is 18.0 Å². The monoisotopic (exact) mass is 269 g/mol. The Morgan fingerprint density at radius 3 is 2.75 bits per heavy atom. The summed E-state index contributed by atoms with van der Waals surface area (Å²) in [4.78, 5) is 14.7. The lowest BCUT2D eigenvalue weighted by Gasteiger charge is -2.04. The number of para-hydroxylation sites is 1. The van der Waals surface area contributed by atoms with Gasteiger partial charge in [0.1, 0.15) is 5.65 Å². The molecule has 20 heavy (non-hydrogen) atoms. The molecule has 5 nitrogen and oxygen atoms in total. The summed E-state index contributed by atoms with van der Waals surface area (Å²) in [5, 5.41) is 5.48. The number of hydrogen-bond acceptors (Lipinski definition) is 3. The number of aromatic nitrogens is 3. The highest BCUT2D eigenvalue weighted by Crippen LogP contribution is 2.22. The number of rotatable bonds is 3. The largest absolute Gasteiger partial charge is 0.380 e.